The summed E-state index contributed by atoms with van der Waals surface area (Å²) in [6.07, 6.45) is 0. The molecule has 0 fully saturated rings. The normalized spacial score (nSPS) is 10.9. The van der Waals surface area contributed by atoms with Crippen molar-refractivity contribution in [3.8, 4) is 5.88 Å². The van der Waals surface area contributed by atoms with E-state index in [9.17, 15) is 10.0 Å². The standard InChI is InChI=1S/C20H21N3O3/c1-22(2)12-13-26-19-17(14-15-8-6-7-11-18(15)21-19)20(24)23(25)16-9-4-3-5-10-16/h3-11,14,25H,12-13H2,1-2H3. The van der Waals surface area contributed by atoms with Gasteiger partial charge in [0.05, 0.1) is 11.2 Å². The first-order chi connectivity index (χ1) is 12.6. The highest BCUT2D eigenvalue weighted by atomic mass is 16.5. The zero-order valence-corrected chi connectivity index (χ0v) is 14.8. The zero-order chi connectivity index (χ0) is 18.5. The third-order valence-corrected chi connectivity index (χ3v) is 3.89. The fraction of sp³-hybridized carbons (Fsp3) is 0.200. The fourth-order valence-corrected chi connectivity index (χ4v) is 2.49. The molecule has 1 heterocycles. The molecule has 0 aliphatic carbocycles. The Morgan fingerprint density at radius 1 is 1.08 bits per heavy atom. The van der Waals surface area contributed by atoms with E-state index in [1.807, 2.05) is 49.3 Å². The van der Waals surface area contributed by atoms with Crippen LogP contribution >= 0.6 is 0 Å². The highest BCUT2D eigenvalue weighted by Gasteiger charge is 2.22. The SMILES string of the molecule is CN(C)CCOc1nc2ccccc2cc1C(=O)N(O)c1ccccc1. The second-order valence-corrected chi connectivity index (χ2v) is 6.14. The Morgan fingerprint density at radius 2 is 1.77 bits per heavy atom. The summed E-state index contributed by atoms with van der Waals surface area (Å²) < 4.78 is 5.75. The smallest absolute Gasteiger partial charge is 0.287 e. The lowest BCUT2D eigenvalue weighted by Gasteiger charge is -2.18. The van der Waals surface area contributed by atoms with Crippen molar-refractivity contribution in [3.63, 3.8) is 0 Å². The number of pyridine rings is 1. The summed E-state index contributed by atoms with van der Waals surface area (Å²) in [7, 11) is 3.88. The number of hydrogen-bond acceptors (Lipinski definition) is 5. The number of benzene rings is 2. The molecule has 0 radical (unpaired) electrons. The largest absolute Gasteiger partial charge is 0.476 e. The third kappa shape index (κ3) is 3.99. The van der Waals surface area contributed by atoms with E-state index in [1.54, 1.807) is 30.3 Å². The predicted octanol–water partition coefficient (Wildman–Crippen LogP) is 3.21. The van der Waals surface area contributed by atoms with E-state index >= 15 is 0 Å². The van der Waals surface area contributed by atoms with E-state index in [1.165, 1.54) is 0 Å². The molecule has 0 bridgehead atoms. The van der Waals surface area contributed by atoms with Gasteiger partial charge in [0.15, 0.2) is 0 Å². The topological polar surface area (TPSA) is 65.9 Å². The number of carbonyl (C=O) groups excluding carboxylic acids is 1. The van der Waals surface area contributed by atoms with Crippen molar-refractivity contribution in [2.75, 3.05) is 32.3 Å². The molecule has 0 saturated heterocycles. The fourth-order valence-electron chi connectivity index (χ4n) is 2.49. The molecule has 6 nitrogen and oxygen atoms in total. The molecule has 6 heteroatoms. The van der Waals surface area contributed by atoms with Crippen LogP contribution in [0.25, 0.3) is 10.9 Å². The number of hydroxylamine groups is 1. The van der Waals surface area contributed by atoms with Crippen LogP contribution in [-0.4, -0.2) is 48.2 Å². The van der Waals surface area contributed by atoms with Crippen LogP contribution in [0.5, 0.6) is 5.88 Å². The zero-order valence-electron chi connectivity index (χ0n) is 14.8. The van der Waals surface area contributed by atoms with Crippen molar-refractivity contribution in [3.05, 3.63) is 66.2 Å². The average molecular weight is 351 g/mol. The number of para-hydroxylation sites is 2. The molecule has 3 rings (SSSR count). The van der Waals surface area contributed by atoms with Gasteiger partial charge in [-0.25, -0.2) is 4.98 Å². The van der Waals surface area contributed by atoms with Gasteiger partial charge in [-0.15, -0.1) is 0 Å². The van der Waals surface area contributed by atoms with E-state index in [0.717, 1.165) is 10.9 Å². The lowest BCUT2D eigenvalue weighted by atomic mass is 10.1. The summed E-state index contributed by atoms with van der Waals surface area (Å²) in [4.78, 5) is 19.3. The number of rotatable bonds is 6. The van der Waals surface area contributed by atoms with Gasteiger partial charge < -0.3 is 9.64 Å². The van der Waals surface area contributed by atoms with Gasteiger partial charge in [0.25, 0.3) is 5.91 Å². The van der Waals surface area contributed by atoms with E-state index < -0.39 is 5.91 Å². The number of carbonyl (C=O) groups is 1. The van der Waals surface area contributed by atoms with Gasteiger partial charge in [-0.1, -0.05) is 36.4 Å². The van der Waals surface area contributed by atoms with E-state index in [0.29, 0.717) is 23.9 Å². The molecule has 0 unspecified atom stereocenters. The molecule has 0 saturated carbocycles. The molecule has 0 aliphatic heterocycles. The van der Waals surface area contributed by atoms with Gasteiger partial charge >= 0.3 is 0 Å². The van der Waals surface area contributed by atoms with Crippen LogP contribution in [0.4, 0.5) is 5.69 Å². The number of nitrogens with zero attached hydrogens (tertiary/aromatic N) is 3. The minimum absolute atomic E-state index is 0.213. The second kappa shape index (κ2) is 7.95. The maximum atomic E-state index is 12.9. The monoisotopic (exact) mass is 351 g/mol. The molecule has 0 spiro atoms. The molecule has 1 amide bonds. The third-order valence-electron chi connectivity index (χ3n) is 3.89. The van der Waals surface area contributed by atoms with Gasteiger partial charge in [-0.2, -0.15) is 5.06 Å². The van der Waals surface area contributed by atoms with Crippen molar-refractivity contribution in [2.24, 2.45) is 0 Å². The lowest BCUT2D eigenvalue weighted by Crippen LogP contribution is -2.28. The van der Waals surface area contributed by atoms with Crippen molar-refractivity contribution in [2.45, 2.75) is 0 Å². The van der Waals surface area contributed by atoms with E-state index in [-0.39, 0.29) is 11.4 Å². The summed E-state index contributed by atoms with van der Waals surface area (Å²) in [6, 6.07) is 17.8. The Bertz CT molecular complexity index is 897. The van der Waals surface area contributed by atoms with Crippen molar-refractivity contribution < 1.29 is 14.7 Å². The predicted molar refractivity (Wildman–Crippen MR) is 101 cm³/mol. The van der Waals surface area contributed by atoms with Crippen LogP contribution in [0.1, 0.15) is 10.4 Å². The number of hydrogen-bond donors (Lipinski definition) is 1. The molecular weight excluding hydrogens is 330 g/mol. The summed E-state index contributed by atoms with van der Waals surface area (Å²) in [5.74, 6) is -0.375. The molecule has 3 aromatic rings. The Balaban J connectivity index is 1.97. The first-order valence-corrected chi connectivity index (χ1v) is 8.32. The van der Waals surface area contributed by atoms with Crippen LogP contribution in [0.2, 0.25) is 0 Å². The van der Waals surface area contributed by atoms with Crippen LogP contribution in [0, 0.1) is 0 Å². The Hall–Kier alpha value is -2.96. The molecule has 2 aromatic carbocycles. The lowest BCUT2D eigenvalue weighted by molar-refractivity contribution is 0.0849. The van der Waals surface area contributed by atoms with Gasteiger partial charge in [0, 0.05) is 11.9 Å². The van der Waals surface area contributed by atoms with Crippen molar-refractivity contribution >= 4 is 22.5 Å². The van der Waals surface area contributed by atoms with Crippen LogP contribution < -0.4 is 9.80 Å². The van der Waals surface area contributed by atoms with E-state index in [4.69, 9.17) is 4.74 Å². The van der Waals surface area contributed by atoms with Crippen LogP contribution in [0.15, 0.2) is 60.7 Å². The number of amides is 1. The number of fused-ring (bicyclic) bond motifs is 1. The van der Waals surface area contributed by atoms with Gasteiger partial charge in [0.2, 0.25) is 5.88 Å². The second-order valence-electron chi connectivity index (χ2n) is 6.14. The van der Waals surface area contributed by atoms with Crippen molar-refractivity contribution in [1.29, 1.82) is 0 Å². The molecular formula is C20H21N3O3. The first-order valence-electron chi connectivity index (χ1n) is 8.32. The minimum Gasteiger partial charge on any atom is -0.476 e. The number of ether oxygens (including phenoxy) is 1. The molecule has 1 aromatic heterocycles. The maximum Gasteiger partial charge on any atom is 0.287 e. The van der Waals surface area contributed by atoms with Crippen LogP contribution in [0.3, 0.4) is 0 Å². The number of aromatic nitrogens is 1. The Labute approximate surface area is 152 Å². The highest BCUT2D eigenvalue weighted by Crippen LogP contribution is 2.25. The Morgan fingerprint density at radius 3 is 2.50 bits per heavy atom. The summed E-state index contributed by atoms with van der Waals surface area (Å²) in [5.41, 5.74) is 1.33. The first kappa shape index (κ1) is 17.8. The average Bonchev–Trinajstić information content (AvgIpc) is 2.66. The highest BCUT2D eigenvalue weighted by molar-refractivity contribution is 6.07. The molecule has 0 aliphatic rings. The Kier molecular flexibility index (Phi) is 5.46. The summed E-state index contributed by atoms with van der Waals surface area (Å²) in [5, 5.41) is 11.8. The molecule has 134 valence electrons. The summed E-state index contributed by atoms with van der Waals surface area (Å²) in [6.45, 7) is 1.07. The quantitative estimate of drug-likeness (QED) is 0.546. The molecule has 26 heavy (non-hydrogen) atoms. The molecule has 0 atom stereocenters. The van der Waals surface area contributed by atoms with Crippen molar-refractivity contribution in [1.82, 2.24) is 9.88 Å². The summed E-state index contributed by atoms with van der Waals surface area (Å²) >= 11 is 0. The van der Waals surface area contributed by atoms with Gasteiger partial charge in [0.1, 0.15) is 12.2 Å². The maximum absolute atomic E-state index is 12.9. The van der Waals surface area contributed by atoms with Crippen LogP contribution in [-0.2, 0) is 0 Å². The minimum atomic E-state index is -0.589. The number of anilines is 1. The molecule has 1 N–H and O–H groups in total. The van der Waals surface area contributed by atoms with E-state index in [2.05, 4.69) is 4.98 Å². The van der Waals surface area contributed by atoms with Gasteiger partial charge in [-0.05, 0) is 38.4 Å². The number of likely N-dealkylation sites (N-methyl/N-ethyl adjacent to an activating group) is 1. The van der Waals surface area contributed by atoms with Gasteiger partial charge in [-0.3, -0.25) is 10.0 Å².